The van der Waals surface area contributed by atoms with Gasteiger partial charge in [0.05, 0.1) is 11.7 Å². The predicted octanol–water partition coefficient (Wildman–Crippen LogP) is 5.11. The lowest BCUT2D eigenvalue weighted by Crippen LogP contribution is -2.47. The molecule has 0 aliphatic carbocycles. The number of hydrogen-bond donors (Lipinski definition) is 4. The number of nitrogens with one attached hydrogen (secondary N) is 1. The lowest BCUT2D eigenvalue weighted by atomic mass is 10.1. The Bertz CT molecular complexity index is 1070. The Morgan fingerprint density at radius 3 is 2.25 bits per heavy atom. The van der Waals surface area contributed by atoms with E-state index in [9.17, 15) is 27.5 Å². The minimum atomic E-state index is -4.37. The Labute approximate surface area is 212 Å². The van der Waals surface area contributed by atoms with Crippen molar-refractivity contribution in [1.29, 1.82) is 0 Å². The molecule has 3 rings (SSSR count). The molecular weight excluding hydrogens is 496 g/mol. The highest BCUT2D eigenvalue weighted by Crippen LogP contribution is 2.29. The number of thiol groups is 1. The fourth-order valence-electron chi connectivity index (χ4n) is 2.88. The molecule has 0 heterocycles. The van der Waals surface area contributed by atoms with Gasteiger partial charge in [0, 0.05) is 11.4 Å². The third kappa shape index (κ3) is 9.88. The van der Waals surface area contributed by atoms with Gasteiger partial charge in [0.1, 0.15) is 24.2 Å². The Hall–Kier alpha value is -3.08. The van der Waals surface area contributed by atoms with E-state index in [1.165, 1.54) is 24.3 Å². The number of aliphatic hydroxyl groups excluding tert-OH is 1. The van der Waals surface area contributed by atoms with Gasteiger partial charge in [0.15, 0.2) is 0 Å². The van der Waals surface area contributed by atoms with Crippen LogP contribution in [0.15, 0.2) is 77.7 Å². The fraction of sp³-hybridized carbons (Fsp3) is 0.269. The molecular formula is C26H28F4N2O3S. The molecule has 3 aromatic rings. The van der Waals surface area contributed by atoms with Crippen LogP contribution in [-0.2, 0) is 24.1 Å². The van der Waals surface area contributed by atoms with Crippen LogP contribution in [-0.4, -0.2) is 23.2 Å². The van der Waals surface area contributed by atoms with Gasteiger partial charge >= 0.3 is 6.18 Å². The van der Waals surface area contributed by atoms with Gasteiger partial charge in [0.2, 0.25) is 5.91 Å². The number of carbonyl (C=O) groups excluding carboxylic acids is 1. The summed E-state index contributed by atoms with van der Waals surface area (Å²) < 4.78 is 55.4. The van der Waals surface area contributed by atoms with Crippen molar-refractivity contribution >= 4 is 18.5 Å². The molecule has 0 bridgehead atoms. The zero-order chi connectivity index (χ0) is 26.7. The quantitative estimate of drug-likeness (QED) is 0.244. The molecule has 0 radical (unpaired) electrons. The van der Waals surface area contributed by atoms with E-state index in [1.807, 2.05) is 0 Å². The fourth-order valence-corrected chi connectivity index (χ4v) is 3.03. The minimum absolute atomic E-state index is 0.113. The number of halogens is 4. The highest BCUT2D eigenvalue weighted by Gasteiger charge is 2.29. The van der Waals surface area contributed by atoms with Crippen LogP contribution in [0.4, 0.5) is 17.6 Å². The van der Waals surface area contributed by atoms with E-state index in [2.05, 4.69) is 17.9 Å². The number of ether oxygens (including phenoxy) is 1. The molecule has 10 heteroatoms. The van der Waals surface area contributed by atoms with E-state index in [-0.39, 0.29) is 19.0 Å². The molecule has 0 saturated heterocycles. The summed E-state index contributed by atoms with van der Waals surface area (Å²) in [5, 5.41) is 12.3. The van der Waals surface area contributed by atoms with Crippen LogP contribution in [0.1, 0.15) is 30.0 Å². The number of nitrogens with two attached hydrogens (primary N) is 1. The number of hydrogen-bond acceptors (Lipinski definition) is 5. The van der Waals surface area contributed by atoms with E-state index in [1.54, 1.807) is 43.3 Å². The maximum absolute atomic E-state index is 12.6. The van der Waals surface area contributed by atoms with Gasteiger partial charge in [-0.05, 0) is 66.1 Å². The lowest BCUT2D eigenvalue weighted by Gasteiger charge is -2.17. The summed E-state index contributed by atoms with van der Waals surface area (Å²) in [6, 6.07) is 16.7. The van der Waals surface area contributed by atoms with Gasteiger partial charge in [0.25, 0.3) is 0 Å². The average Bonchev–Trinajstić information content (AvgIpc) is 2.87. The van der Waals surface area contributed by atoms with E-state index in [0.29, 0.717) is 17.7 Å². The molecule has 0 aliphatic heterocycles. The standard InChI is InChI=1S/C20H23F3N2O3.C6H5FS/c1-2-17(26)18(24)19(27)25-11-14-4-3-5-16(10-14)28-12-13-6-8-15(9-7-13)20(21,22)23;7-5-1-3-6(8)4-2-5/h3-10,17-18,26H,2,11-12,24H2,1H3,(H,25,27);1-4,8H/t17-,18?;/m0./s1. The number of amides is 1. The lowest BCUT2D eigenvalue weighted by molar-refractivity contribution is -0.137. The first kappa shape index (κ1) is 29.2. The van der Waals surface area contributed by atoms with Crippen molar-refractivity contribution in [3.63, 3.8) is 0 Å². The number of aliphatic hydroxyl groups is 1. The molecule has 1 unspecified atom stereocenters. The van der Waals surface area contributed by atoms with Crippen LogP contribution >= 0.6 is 12.6 Å². The number of alkyl halides is 3. The maximum atomic E-state index is 12.6. The molecule has 36 heavy (non-hydrogen) atoms. The molecule has 5 nitrogen and oxygen atoms in total. The first-order chi connectivity index (χ1) is 17.0. The third-order valence-corrected chi connectivity index (χ3v) is 5.31. The molecule has 0 aliphatic rings. The van der Waals surface area contributed by atoms with Crippen LogP contribution in [0.25, 0.3) is 0 Å². The third-order valence-electron chi connectivity index (χ3n) is 5.01. The van der Waals surface area contributed by atoms with Gasteiger partial charge < -0.3 is 20.9 Å². The Morgan fingerprint density at radius 1 is 1.06 bits per heavy atom. The summed E-state index contributed by atoms with van der Waals surface area (Å²) in [5.41, 5.74) is 6.31. The summed E-state index contributed by atoms with van der Waals surface area (Å²) in [5.74, 6) is -0.155. The second-order valence-electron chi connectivity index (χ2n) is 7.83. The summed E-state index contributed by atoms with van der Waals surface area (Å²) in [6.07, 6.45) is -4.89. The minimum Gasteiger partial charge on any atom is -0.489 e. The van der Waals surface area contributed by atoms with Crippen LogP contribution in [0, 0.1) is 5.82 Å². The molecule has 1 amide bonds. The van der Waals surface area contributed by atoms with Crippen molar-refractivity contribution in [2.24, 2.45) is 5.73 Å². The molecule has 4 N–H and O–H groups in total. The first-order valence-corrected chi connectivity index (χ1v) is 11.5. The second-order valence-corrected chi connectivity index (χ2v) is 8.34. The molecule has 194 valence electrons. The first-order valence-electron chi connectivity index (χ1n) is 11.0. The highest BCUT2D eigenvalue weighted by atomic mass is 32.1. The van der Waals surface area contributed by atoms with E-state index in [0.717, 1.165) is 22.6 Å². The average molecular weight is 525 g/mol. The largest absolute Gasteiger partial charge is 0.489 e. The van der Waals surface area contributed by atoms with Gasteiger partial charge in [-0.1, -0.05) is 31.2 Å². The van der Waals surface area contributed by atoms with E-state index in [4.69, 9.17) is 10.5 Å². The van der Waals surface area contributed by atoms with Crippen LogP contribution in [0.2, 0.25) is 0 Å². The summed E-state index contributed by atoms with van der Waals surface area (Å²) in [6.45, 7) is 2.05. The number of benzene rings is 3. The number of rotatable bonds is 8. The Morgan fingerprint density at radius 2 is 1.69 bits per heavy atom. The molecule has 0 fully saturated rings. The summed E-state index contributed by atoms with van der Waals surface area (Å²) in [4.78, 5) is 12.7. The SMILES string of the molecule is CC[C@H](O)C(N)C(=O)NCc1cccc(OCc2ccc(C(F)(F)F)cc2)c1.Fc1ccc(S)cc1. The van der Waals surface area contributed by atoms with Crippen LogP contribution in [0.3, 0.4) is 0 Å². The number of carbonyl (C=O) groups is 1. The Kier molecular flexibility index (Phi) is 11.2. The van der Waals surface area contributed by atoms with Gasteiger partial charge in [-0.3, -0.25) is 4.79 Å². The molecule has 3 aromatic carbocycles. The highest BCUT2D eigenvalue weighted by molar-refractivity contribution is 7.80. The van der Waals surface area contributed by atoms with Gasteiger partial charge in [-0.15, -0.1) is 12.6 Å². The van der Waals surface area contributed by atoms with E-state index >= 15 is 0 Å². The van der Waals surface area contributed by atoms with E-state index < -0.39 is 29.8 Å². The Balaban J connectivity index is 0.000000482. The monoisotopic (exact) mass is 524 g/mol. The molecule has 2 atom stereocenters. The van der Waals surface area contributed by atoms with Gasteiger partial charge in [-0.25, -0.2) is 4.39 Å². The second kappa shape index (κ2) is 13.9. The van der Waals surface area contributed by atoms with Crippen molar-refractivity contribution < 1.29 is 32.2 Å². The topological polar surface area (TPSA) is 84.6 Å². The molecule has 0 spiro atoms. The van der Waals surface area contributed by atoms with Crippen molar-refractivity contribution in [2.75, 3.05) is 0 Å². The van der Waals surface area contributed by atoms with Gasteiger partial charge in [-0.2, -0.15) is 13.2 Å². The van der Waals surface area contributed by atoms with Crippen molar-refractivity contribution in [3.8, 4) is 5.75 Å². The summed E-state index contributed by atoms with van der Waals surface area (Å²) in [7, 11) is 0. The predicted molar refractivity (Wildman–Crippen MR) is 132 cm³/mol. The smallest absolute Gasteiger partial charge is 0.416 e. The molecule has 0 saturated carbocycles. The van der Waals surface area contributed by atoms with Crippen molar-refractivity contribution in [3.05, 3.63) is 95.3 Å². The molecule has 0 aromatic heterocycles. The zero-order valence-electron chi connectivity index (χ0n) is 19.5. The van der Waals surface area contributed by atoms with Crippen LogP contribution in [0.5, 0.6) is 5.75 Å². The van der Waals surface area contributed by atoms with Crippen LogP contribution < -0.4 is 15.8 Å². The normalized spacial score (nSPS) is 12.7. The summed E-state index contributed by atoms with van der Waals surface area (Å²) >= 11 is 3.97. The van der Waals surface area contributed by atoms with Crippen molar-refractivity contribution in [1.82, 2.24) is 5.32 Å². The zero-order valence-corrected chi connectivity index (χ0v) is 20.4. The van der Waals surface area contributed by atoms with Crippen molar-refractivity contribution in [2.45, 2.75) is 49.7 Å². The maximum Gasteiger partial charge on any atom is 0.416 e.